The quantitative estimate of drug-likeness (QED) is 0.736. The minimum absolute atomic E-state index is 0.107. The van der Waals surface area contributed by atoms with Gasteiger partial charge in [-0.15, -0.1) is 5.10 Å². The van der Waals surface area contributed by atoms with Gasteiger partial charge in [0, 0.05) is 31.4 Å². The number of hydrogen-bond donors (Lipinski definition) is 0. The molecule has 0 unspecified atom stereocenters. The van der Waals surface area contributed by atoms with Gasteiger partial charge in [-0.1, -0.05) is 24.3 Å². The van der Waals surface area contributed by atoms with Crippen LogP contribution in [-0.4, -0.2) is 43.6 Å². The highest BCUT2D eigenvalue weighted by Gasteiger charge is 2.27. The lowest BCUT2D eigenvalue weighted by Crippen LogP contribution is -2.29. The molecule has 25 heavy (non-hydrogen) atoms. The van der Waals surface area contributed by atoms with Crippen LogP contribution in [-0.2, 0) is 6.54 Å². The maximum absolute atomic E-state index is 12.5. The summed E-state index contributed by atoms with van der Waals surface area (Å²) in [5, 5.41) is 4.51. The fraction of sp³-hybridized carbons (Fsp3) is 0.263. The van der Waals surface area contributed by atoms with E-state index in [-0.39, 0.29) is 5.91 Å². The van der Waals surface area contributed by atoms with Gasteiger partial charge in [-0.2, -0.15) is 0 Å². The summed E-state index contributed by atoms with van der Waals surface area (Å²) in [5.41, 5.74) is 1.52. The number of benzene rings is 1. The van der Waals surface area contributed by atoms with Crippen LogP contribution in [0.3, 0.4) is 0 Å². The second kappa shape index (κ2) is 6.84. The average Bonchev–Trinajstić information content (AvgIpc) is 3.33. The molecule has 0 bridgehead atoms. The lowest BCUT2D eigenvalue weighted by atomic mass is 10.1. The third-order valence-electron chi connectivity index (χ3n) is 4.47. The van der Waals surface area contributed by atoms with E-state index in [2.05, 4.69) is 15.1 Å². The van der Waals surface area contributed by atoms with Crippen LogP contribution in [0.25, 0.3) is 11.5 Å². The van der Waals surface area contributed by atoms with Crippen molar-refractivity contribution in [2.75, 3.05) is 13.1 Å². The molecule has 1 amide bonds. The number of carbonyl (C=O) groups excluding carboxylic acids is 1. The summed E-state index contributed by atoms with van der Waals surface area (Å²) in [5.74, 6) is 1.14. The standard InChI is InChI=1S/C19H19N5O/c25-19(16-6-2-1-3-7-16)23-11-9-15(12-23)13-24-14-21-18(22-24)17-8-4-5-10-20-17/h1-8,10,14-15H,9,11-13H2/t15-/m1/s1. The predicted octanol–water partition coefficient (Wildman–Crippen LogP) is 2.50. The first-order chi connectivity index (χ1) is 12.3. The molecule has 126 valence electrons. The van der Waals surface area contributed by atoms with E-state index in [1.54, 1.807) is 12.5 Å². The van der Waals surface area contributed by atoms with E-state index in [9.17, 15) is 4.79 Å². The molecule has 6 heteroatoms. The van der Waals surface area contributed by atoms with Gasteiger partial charge < -0.3 is 4.90 Å². The Hall–Kier alpha value is -3.02. The van der Waals surface area contributed by atoms with Crippen LogP contribution in [0.4, 0.5) is 0 Å². The van der Waals surface area contributed by atoms with Gasteiger partial charge in [0.1, 0.15) is 12.0 Å². The van der Waals surface area contributed by atoms with E-state index in [1.165, 1.54) is 0 Å². The first kappa shape index (κ1) is 15.5. The van der Waals surface area contributed by atoms with Crippen molar-refractivity contribution in [1.82, 2.24) is 24.6 Å². The highest BCUT2D eigenvalue weighted by Crippen LogP contribution is 2.20. The van der Waals surface area contributed by atoms with Crippen molar-refractivity contribution in [2.45, 2.75) is 13.0 Å². The van der Waals surface area contributed by atoms with E-state index in [0.717, 1.165) is 37.3 Å². The molecule has 3 aromatic rings. The van der Waals surface area contributed by atoms with Gasteiger partial charge in [0.15, 0.2) is 5.82 Å². The molecule has 2 aromatic heterocycles. The number of carbonyl (C=O) groups is 1. The van der Waals surface area contributed by atoms with Gasteiger partial charge in [-0.05, 0) is 36.6 Å². The molecule has 0 N–H and O–H groups in total. The van der Waals surface area contributed by atoms with Crippen LogP contribution in [0.5, 0.6) is 0 Å². The minimum Gasteiger partial charge on any atom is -0.338 e. The van der Waals surface area contributed by atoms with E-state index in [1.807, 2.05) is 58.1 Å². The van der Waals surface area contributed by atoms with Crippen molar-refractivity contribution in [3.63, 3.8) is 0 Å². The molecule has 1 aromatic carbocycles. The summed E-state index contributed by atoms with van der Waals surface area (Å²) >= 11 is 0. The number of rotatable bonds is 4. The maximum Gasteiger partial charge on any atom is 0.253 e. The Morgan fingerprint density at radius 3 is 2.72 bits per heavy atom. The smallest absolute Gasteiger partial charge is 0.253 e. The third-order valence-corrected chi connectivity index (χ3v) is 4.47. The maximum atomic E-state index is 12.5. The van der Waals surface area contributed by atoms with Gasteiger partial charge in [0.25, 0.3) is 5.91 Å². The first-order valence-corrected chi connectivity index (χ1v) is 8.45. The van der Waals surface area contributed by atoms with E-state index >= 15 is 0 Å². The molecule has 6 nitrogen and oxygen atoms in total. The van der Waals surface area contributed by atoms with Crippen molar-refractivity contribution >= 4 is 5.91 Å². The molecule has 1 fully saturated rings. The van der Waals surface area contributed by atoms with Gasteiger partial charge in [-0.25, -0.2) is 4.98 Å². The normalized spacial score (nSPS) is 17.0. The molecule has 1 aliphatic rings. The van der Waals surface area contributed by atoms with Crippen LogP contribution in [0.2, 0.25) is 0 Å². The van der Waals surface area contributed by atoms with Crippen LogP contribution in [0, 0.1) is 5.92 Å². The molecule has 0 spiro atoms. The Kier molecular flexibility index (Phi) is 4.24. The van der Waals surface area contributed by atoms with Crippen molar-refractivity contribution in [3.05, 3.63) is 66.6 Å². The molecule has 1 saturated heterocycles. The number of amides is 1. The zero-order valence-electron chi connectivity index (χ0n) is 13.8. The number of hydrogen-bond acceptors (Lipinski definition) is 4. The number of nitrogens with zero attached hydrogens (tertiary/aromatic N) is 5. The van der Waals surface area contributed by atoms with Crippen LogP contribution in [0.1, 0.15) is 16.8 Å². The topological polar surface area (TPSA) is 63.9 Å². The van der Waals surface area contributed by atoms with Crippen molar-refractivity contribution in [3.8, 4) is 11.5 Å². The Balaban J connectivity index is 1.39. The van der Waals surface area contributed by atoms with Crippen molar-refractivity contribution < 1.29 is 4.79 Å². The van der Waals surface area contributed by atoms with Crippen LogP contribution in [0.15, 0.2) is 61.1 Å². The monoisotopic (exact) mass is 333 g/mol. The third kappa shape index (κ3) is 3.42. The minimum atomic E-state index is 0.107. The van der Waals surface area contributed by atoms with Crippen molar-refractivity contribution in [1.29, 1.82) is 0 Å². The molecular weight excluding hydrogens is 314 g/mol. The highest BCUT2D eigenvalue weighted by atomic mass is 16.2. The molecule has 4 rings (SSSR count). The summed E-state index contributed by atoms with van der Waals surface area (Å²) in [6.45, 7) is 2.31. The number of likely N-dealkylation sites (tertiary alicyclic amines) is 1. The highest BCUT2D eigenvalue weighted by molar-refractivity contribution is 5.94. The predicted molar refractivity (Wildman–Crippen MR) is 93.7 cm³/mol. The zero-order chi connectivity index (χ0) is 17.1. The van der Waals surface area contributed by atoms with Crippen LogP contribution >= 0.6 is 0 Å². The lowest BCUT2D eigenvalue weighted by molar-refractivity contribution is 0.0785. The summed E-state index contributed by atoms with van der Waals surface area (Å²) in [6, 6.07) is 15.1. The Morgan fingerprint density at radius 2 is 1.92 bits per heavy atom. The molecule has 0 radical (unpaired) electrons. The van der Waals surface area contributed by atoms with Gasteiger partial charge >= 0.3 is 0 Å². The molecule has 0 saturated carbocycles. The fourth-order valence-corrected chi connectivity index (χ4v) is 3.19. The SMILES string of the molecule is O=C(c1ccccc1)N1CC[C@@H](Cn2cnc(-c3ccccn3)n2)C1. The number of pyridine rings is 1. The molecule has 3 heterocycles. The van der Waals surface area contributed by atoms with Gasteiger partial charge in [0.2, 0.25) is 0 Å². The summed E-state index contributed by atoms with van der Waals surface area (Å²) in [7, 11) is 0. The Morgan fingerprint density at radius 1 is 1.08 bits per heavy atom. The molecule has 1 aliphatic heterocycles. The fourth-order valence-electron chi connectivity index (χ4n) is 3.19. The lowest BCUT2D eigenvalue weighted by Gasteiger charge is -2.16. The van der Waals surface area contributed by atoms with Crippen molar-refractivity contribution in [2.24, 2.45) is 5.92 Å². The van der Waals surface area contributed by atoms with Crippen LogP contribution < -0.4 is 0 Å². The van der Waals surface area contributed by atoms with E-state index in [0.29, 0.717) is 11.7 Å². The summed E-state index contributed by atoms with van der Waals surface area (Å²) < 4.78 is 1.85. The first-order valence-electron chi connectivity index (χ1n) is 8.45. The largest absolute Gasteiger partial charge is 0.338 e. The second-order valence-corrected chi connectivity index (χ2v) is 6.28. The zero-order valence-corrected chi connectivity index (χ0v) is 13.8. The van der Waals surface area contributed by atoms with E-state index in [4.69, 9.17) is 0 Å². The number of aromatic nitrogens is 4. The molecular formula is C19H19N5O. The molecule has 1 atom stereocenters. The molecule has 0 aliphatic carbocycles. The summed E-state index contributed by atoms with van der Waals surface area (Å²) in [4.78, 5) is 23.1. The summed E-state index contributed by atoms with van der Waals surface area (Å²) in [6.07, 6.45) is 4.46. The second-order valence-electron chi connectivity index (χ2n) is 6.28. The Labute approximate surface area is 146 Å². The van der Waals surface area contributed by atoms with Gasteiger partial charge in [0.05, 0.1) is 0 Å². The van der Waals surface area contributed by atoms with E-state index < -0.39 is 0 Å². The Bertz CT molecular complexity index is 847. The van der Waals surface area contributed by atoms with Gasteiger partial charge in [-0.3, -0.25) is 14.5 Å². The average molecular weight is 333 g/mol.